The van der Waals surface area contributed by atoms with Crippen LogP contribution in [0.15, 0.2) is 18.3 Å². The summed E-state index contributed by atoms with van der Waals surface area (Å²) in [6, 6.07) is 2.69. The van der Waals surface area contributed by atoms with Gasteiger partial charge in [-0.15, -0.1) is 0 Å². The molecule has 1 aromatic rings. The molecule has 170 valence electrons. The summed E-state index contributed by atoms with van der Waals surface area (Å²) < 4.78 is 36.3. The molecule has 6 N–H and O–H groups in total. The second-order valence-electron chi connectivity index (χ2n) is 6.78. The van der Waals surface area contributed by atoms with Crippen LogP contribution in [0.5, 0.6) is 0 Å². The smallest absolute Gasteiger partial charge is 0.352 e. The van der Waals surface area contributed by atoms with E-state index in [0.29, 0.717) is 6.54 Å². The van der Waals surface area contributed by atoms with Crippen LogP contribution in [0.25, 0.3) is 0 Å². The first-order chi connectivity index (χ1) is 14.3. The molecule has 1 aromatic heterocycles. The summed E-state index contributed by atoms with van der Waals surface area (Å²) in [6.07, 6.45) is 4.09. The number of halogens is 3. The maximum absolute atomic E-state index is 12.1. The zero-order valence-corrected chi connectivity index (χ0v) is 17.0. The van der Waals surface area contributed by atoms with Crippen molar-refractivity contribution in [2.45, 2.75) is 51.1 Å². The maximum atomic E-state index is 12.1. The van der Waals surface area contributed by atoms with E-state index in [1.54, 1.807) is 0 Å². The summed E-state index contributed by atoms with van der Waals surface area (Å²) in [4.78, 5) is 26.5. The fourth-order valence-electron chi connectivity index (χ4n) is 2.54. The van der Waals surface area contributed by atoms with Crippen molar-refractivity contribution in [1.82, 2.24) is 21.0 Å². The van der Waals surface area contributed by atoms with E-state index in [4.69, 9.17) is 5.73 Å². The van der Waals surface area contributed by atoms with Crippen molar-refractivity contribution in [3.8, 4) is 0 Å². The molecule has 0 spiro atoms. The van der Waals surface area contributed by atoms with Crippen molar-refractivity contribution in [3.63, 3.8) is 0 Å². The van der Waals surface area contributed by atoms with E-state index in [1.807, 2.05) is 5.43 Å². The number of carbonyl (C=O) groups excluding carboxylic acids is 2. The Labute approximate surface area is 174 Å². The molecule has 2 amide bonds. The van der Waals surface area contributed by atoms with Gasteiger partial charge in [0.15, 0.2) is 0 Å². The van der Waals surface area contributed by atoms with Crippen molar-refractivity contribution in [1.29, 1.82) is 0 Å². The van der Waals surface area contributed by atoms with Gasteiger partial charge in [-0.1, -0.05) is 25.7 Å². The van der Waals surface area contributed by atoms with Crippen LogP contribution in [0.2, 0.25) is 0 Å². The average molecular weight is 432 g/mol. The first kappa shape index (κ1) is 25.6. The lowest BCUT2D eigenvalue weighted by molar-refractivity contribution is -0.173. The van der Waals surface area contributed by atoms with Crippen molar-refractivity contribution < 1.29 is 22.8 Å². The van der Waals surface area contributed by atoms with Crippen molar-refractivity contribution >= 4 is 17.6 Å². The molecule has 0 saturated heterocycles. The van der Waals surface area contributed by atoms with Crippen LogP contribution >= 0.6 is 0 Å². The number of carbonyl (C=O) groups is 2. The number of anilines is 1. The number of amides is 2. The Hall–Kier alpha value is -2.40. The monoisotopic (exact) mass is 432 g/mol. The molecule has 0 atom stereocenters. The summed E-state index contributed by atoms with van der Waals surface area (Å²) in [5.74, 6) is -2.49. The molecule has 0 unspecified atom stereocenters. The minimum absolute atomic E-state index is 0.0206. The Balaban J connectivity index is 2.10. The molecule has 0 bridgehead atoms. The number of hydrazine groups is 1. The quantitative estimate of drug-likeness (QED) is 0.214. The second kappa shape index (κ2) is 14.6. The first-order valence-electron chi connectivity index (χ1n) is 10.1. The molecule has 0 aliphatic heterocycles. The Kier molecular flexibility index (Phi) is 12.4. The number of hydrogen-bond donors (Lipinski definition) is 5. The number of nitrogens with two attached hydrogens (primary N) is 1. The van der Waals surface area contributed by atoms with Crippen LogP contribution in [0, 0.1) is 0 Å². The molecule has 0 fully saturated rings. The highest BCUT2D eigenvalue weighted by Gasteiger charge is 2.38. The van der Waals surface area contributed by atoms with Crippen LogP contribution in [-0.4, -0.2) is 49.2 Å². The fourth-order valence-corrected chi connectivity index (χ4v) is 2.54. The molecule has 0 aliphatic rings. The van der Waals surface area contributed by atoms with Gasteiger partial charge >= 0.3 is 12.1 Å². The summed E-state index contributed by atoms with van der Waals surface area (Å²) in [6.45, 7) is 3.01. The average Bonchev–Trinajstić information content (AvgIpc) is 2.72. The number of alkyl halides is 3. The number of rotatable bonds is 15. The topological polar surface area (TPSA) is 121 Å². The molecule has 0 saturated carbocycles. The number of hydrogen-bond acceptors (Lipinski definition) is 6. The number of pyridine rings is 1. The molecule has 0 aliphatic carbocycles. The van der Waals surface area contributed by atoms with E-state index in [2.05, 4.69) is 15.6 Å². The number of nitrogens with zero attached hydrogens (tertiary/aromatic N) is 1. The molecule has 11 heteroatoms. The molecular weight excluding hydrogens is 401 g/mol. The highest BCUT2D eigenvalue weighted by atomic mass is 19.4. The van der Waals surface area contributed by atoms with Crippen LogP contribution < -0.4 is 27.2 Å². The van der Waals surface area contributed by atoms with Crippen molar-refractivity contribution in [2.75, 3.05) is 31.6 Å². The van der Waals surface area contributed by atoms with E-state index >= 15 is 0 Å². The molecule has 0 aromatic carbocycles. The van der Waals surface area contributed by atoms with E-state index < -0.39 is 12.1 Å². The van der Waals surface area contributed by atoms with Crippen molar-refractivity contribution in [3.05, 3.63) is 23.9 Å². The van der Waals surface area contributed by atoms with E-state index in [1.165, 1.54) is 49.4 Å². The summed E-state index contributed by atoms with van der Waals surface area (Å²) >= 11 is 0. The maximum Gasteiger partial charge on any atom is 0.472 e. The Morgan fingerprint density at radius 3 is 2.23 bits per heavy atom. The van der Waals surface area contributed by atoms with Gasteiger partial charge in [0.1, 0.15) is 5.82 Å². The van der Waals surface area contributed by atoms with Gasteiger partial charge in [-0.2, -0.15) is 13.2 Å². The van der Waals surface area contributed by atoms with Gasteiger partial charge in [0, 0.05) is 12.7 Å². The van der Waals surface area contributed by atoms with Crippen LogP contribution in [0.1, 0.15) is 55.3 Å². The van der Waals surface area contributed by atoms with Crippen LogP contribution in [0.4, 0.5) is 19.0 Å². The molecule has 8 nitrogen and oxygen atoms in total. The lowest BCUT2D eigenvalue weighted by Crippen LogP contribution is -2.40. The number of unbranched alkanes of at least 4 members (excludes halogenated alkanes) is 5. The van der Waals surface area contributed by atoms with Gasteiger partial charge in [-0.3, -0.25) is 20.4 Å². The molecule has 1 rings (SSSR count). The summed E-state index contributed by atoms with van der Waals surface area (Å²) in [5, 5.41) is 6.09. The van der Waals surface area contributed by atoms with Gasteiger partial charge in [0.05, 0.1) is 5.56 Å². The Morgan fingerprint density at radius 1 is 0.933 bits per heavy atom. The highest BCUT2D eigenvalue weighted by molar-refractivity contribution is 5.94. The first-order valence-corrected chi connectivity index (χ1v) is 10.1. The van der Waals surface area contributed by atoms with Gasteiger partial charge < -0.3 is 16.4 Å². The van der Waals surface area contributed by atoms with Gasteiger partial charge in [0.2, 0.25) is 0 Å². The predicted octanol–water partition coefficient (Wildman–Crippen LogP) is 2.10. The van der Waals surface area contributed by atoms with Gasteiger partial charge in [-0.25, -0.2) is 4.98 Å². The molecule has 1 heterocycles. The molecule has 30 heavy (non-hydrogen) atoms. The molecule has 0 radical (unpaired) electrons. The lowest BCUT2D eigenvalue weighted by atomic mass is 10.1. The fraction of sp³-hybridized carbons (Fsp3) is 0.632. The van der Waals surface area contributed by atoms with Crippen LogP contribution in [0.3, 0.4) is 0 Å². The summed E-state index contributed by atoms with van der Waals surface area (Å²) in [5.41, 5.74) is 9.23. The van der Waals surface area contributed by atoms with Gasteiger partial charge in [-0.05, 0) is 51.0 Å². The SMILES string of the molecule is NCCCCCCCCNCCCNC(=O)c1ccc(NNC(=O)C(F)(F)F)nc1. The van der Waals surface area contributed by atoms with Crippen molar-refractivity contribution in [2.24, 2.45) is 5.73 Å². The van der Waals surface area contributed by atoms with Gasteiger partial charge in [0.25, 0.3) is 5.91 Å². The lowest BCUT2D eigenvalue weighted by Gasteiger charge is -2.10. The number of nitrogens with one attached hydrogen (secondary N) is 4. The van der Waals surface area contributed by atoms with Crippen LogP contribution in [-0.2, 0) is 4.79 Å². The van der Waals surface area contributed by atoms with E-state index in [0.717, 1.165) is 38.9 Å². The highest BCUT2D eigenvalue weighted by Crippen LogP contribution is 2.14. The zero-order chi connectivity index (χ0) is 22.2. The molecular formula is C19H31F3N6O2. The summed E-state index contributed by atoms with van der Waals surface area (Å²) in [7, 11) is 0. The Bertz CT molecular complexity index is 626. The zero-order valence-electron chi connectivity index (χ0n) is 17.0. The Morgan fingerprint density at radius 2 is 1.60 bits per heavy atom. The third kappa shape index (κ3) is 11.6. The second-order valence-corrected chi connectivity index (χ2v) is 6.78. The minimum Gasteiger partial charge on any atom is -0.352 e. The van der Waals surface area contributed by atoms with E-state index in [-0.39, 0.29) is 17.3 Å². The minimum atomic E-state index is -4.99. The largest absolute Gasteiger partial charge is 0.472 e. The predicted molar refractivity (Wildman–Crippen MR) is 109 cm³/mol. The normalized spacial score (nSPS) is 11.2. The standard InChI is InChI=1S/C19H31F3N6O2/c20-19(21,22)18(30)28-27-16-9-8-15(14-26-16)17(29)25-13-7-12-24-11-6-4-2-1-3-5-10-23/h8-9,14,24H,1-7,10-13,23H2,(H,25,29)(H,26,27)(H,28,30). The third-order valence-corrected chi connectivity index (χ3v) is 4.21. The third-order valence-electron chi connectivity index (χ3n) is 4.21. The number of aromatic nitrogens is 1. The van der Waals surface area contributed by atoms with E-state index in [9.17, 15) is 22.8 Å².